The second-order valence-electron chi connectivity index (χ2n) is 11.8. The molecule has 5 fully saturated rings. The van der Waals surface area contributed by atoms with Crippen LogP contribution in [-0.4, -0.2) is 91.4 Å². The third kappa shape index (κ3) is 4.23. The molecule has 2 saturated carbocycles. The number of amides is 1. The van der Waals surface area contributed by atoms with E-state index in [9.17, 15) is 18.0 Å². The van der Waals surface area contributed by atoms with Crippen LogP contribution in [0.5, 0.6) is 0 Å². The van der Waals surface area contributed by atoms with Crippen LogP contribution < -0.4 is 4.90 Å². The summed E-state index contributed by atoms with van der Waals surface area (Å²) in [7, 11) is 3.93. The minimum absolute atomic E-state index is 0.0192. The van der Waals surface area contributed by atoms with Crippen LogP contribution in [0.3, 0.4) is 0 Å². The van der Waals surface area contributed by atoms with E-state index in [0.717, 1.165) is 63.7 Å². The van der Waals surface area contributed by atoms with Crippen LogP contribution in [0.4, 0.5) is 19.0 Å². The first-order chi connectivity index (χ1) is 17.7. The number of halogens is 3. The van der Waals surface area contributed by atoms with Crippen molar-refractivity contribution in [3.63, 3.8) is 0 Å². The largest absolute Gasteiger partial charge is 0.416 e. The Kier molecular flexibility index (Phi) is 6.43. The topological polar surface area (TPSA) is 58.1 Å². The van der Waals surface area contributed by atoms with Gasteiger partial charge in [-0.25, -0.2) is 4.98 Å². The third-order valence-corrected chi connectivity index (χ3v) is 10.1. The highest BCUT2D eigenvalue weighted by molar-refractivity contribution is 5.85. The van der Waals surface area contributed by atoms with Gasteiger partial charge in [-0.05, 0) is 63.6 Å². The molecule has 5 aliphatic rings. The van der Waals surface area contributed by atoms with Crippen LogP contribution in [0.1, 0.15) is 50.5 Å². The van der Waals surface area contributed by atoms with Gasteiger partial charge < -0.3 is 19.3 Å². The van der Waals surface area contributed by atoms with Gasteiger partial charge in [0.25, 0.3) is 0 Å². The molecule has 1 aromatic rings. The summed E-state index contributed by atoms with van der Waals surface area (Å²) in [5.41, 5.74) is -0.988. The number of piperazine rings is 1. The number of anilines is 1. The van der Waals surface area contributed by atoms with E-state index >= 15 is 0 Å². The van der Waals surface area contributed by atoms with E-state index < -0.39 is 11.7 Å². The van der Waals surface area contributed by atoms with E-state index in [0.29, 0.717) is 43.5 Å². The third-order valence-electron chi connectivity index (χ3n) is 10.1. The fourth-order valence-electron chi connectivity index (χ4n) is 8.16. The summed E-state index contributed by atoms with van der Waals surface area (Å²) >= 11 is 0. The first-order valence-corrected chi connectivity index (χ1v) is 13.6. The first kappa shape index (κ1) is 25.4. The van der Waals surface area contributed by atoms with Crippen molar-refractivity contribution in [3.05, 3.63) is 23.9 Å². The average molecular weight is 523 g/mol. The molecule has 2 bridgehead atoms. The highest BCUT2D eigenvalue weighted by Crippen LogP contribution is 2.57. The van der Waals surface area contributed by atoms with Gasteiger partial charge in [0.2, 0.25) is 5.91 Å². The number of carbonyl (C=O) groups is 1. The summed E-state index contributed by atoms with van der Waals surface area (Å²) in [6.07, 6.45) is 3.67. The minimum atomic E-state index is -4.39. The molecular weight excluding hydrogens is 485 g/mol. The van der Waals surface area contributed by atoms with Crippen molar-refractivity contribution in [2.45, 2.75) is 81.4 Å². The maximum atomic E-state index is 14.2. The molecule has 0 spiro atoms. The van der Waals surface area contributed by atoms with Gasteiger partial charge in [0.15, 0.2) is 0 Å². The van der Waals surface area contributed by atoms with Crippen molar-refractivity contribution < 1.29 is 27.4 Å². The Morgan fingerprint density at radius 1 is 1.24 bits per heavy atom. The molecule has 0 radical (unpaired) electrons. The molecule has 0 unspecified atom stereocenters. The SMILES string of the molecule is CO[C@@H]1COCC[C@@H]1N(C)[C@@H]1C[C@H]2CCC[C@@]2(C(=O)N2C[C@@H]3C[C@H]2CN3c2cc(C(F)(F)F)ccn2)C1. The lowest BCUT2D eigenvalue weighted by atomic mass is 9.78. The molecule has 204 valence electrons. The molecule has 3 aliphatic heterocycles. The summed E-state index contributed by atoms with van der Waals surface area (Å²) < 4.78 is 51.1. The van der Waals surface area contributed by atoms with Crippen molar-refractivity contribution in [2.75, 3.05) is 45.4 Å². The summed E-state index contributed by atoms with van der Waals surface area (Å²) in [6, 6.07) is 2.85. The van der Waals surface area contributed by atoms with Crippen LogP contribution in [0.15, 0.2) is 18.3 Å². The zero-order chi connectivity index (χ0) is 25.9. The van der Waals surface area contributed by atoms with Crippen molar-refractivity contribution >= 4 is 11.7 Å². The maximum absolute atomic E-state index is 14.2. The van der Waals surface area contributed by atoms with E-state index in [1.807, 2.05) is 4.90 Å². The smallest absolute Gasteiger partial charge is 0.379 e. The number of hydrogen-bond donors (Lipinski definition) is 0. The Morgan fingerprint density at radius 2 is 2.08 bits per heavy atom. The maximum Gasteiger partial charge on any atom is 0.416 e. The molecule has 7 atom stereocenters. The first-order valence-electron chi connectivity index (χ1n) is 13.6. The van der Waals surface area contributed by atoms with Gasteiger partial charge in [-0.15, -0.1) is 0 Å². The van der Waals surface area contributed by atoms with E-state index in [-0.39, 0.29) is 29.5 Å². The molecule has 1 amide bonds. The number of alkyl halides is 3. The number of rotatable bonds is 5. The van der Waals surface area contributed by atoms with Crippen molar-refractivity contribution in [1.29, 1.82) is 0 Å². The molecule has 7 nitrogen and oxygen atoms in total. The number of methoxy groups -OCH3 is 1. The fourth-order valence-corrected chi connectivity index (χ4v) is 8.16. The van der Waals surface area contributed by atoms with Gasteiger partial charge in [-0.3, -0.25) is 9.69 Å². The predicted octanol–water partition coefficient (Wildman–Crippen LogP) is 3.57. The predicted molar refractivity (Wildman–Crippen MR) is 131 cm³/mol. The van der Waals surface area contributed by atoms with Crippen LogP contribution in [0.2, 0.25) is 0 Å². The lowest BCUT2D eigenvalue weighted by Crippen LogP contribution is -2.54. The number of nitrogens with zero attached hydrogens (tertiary/aromatic N) is 4. The molecule has 0 aromatic carbocycles. The number of fused-ring (bicyclic) bond motifs is 3. The van der Waals surface area contributed by atoms with Crippen LogP contribution in [0.25, 0.3) is 0 Å². The van der Waals surface area contributed by atoms with E-state index in [2.05, 4.69) is 21.8 Å². The molecule has 3 saturated heterocycles. The quantitative estimate of drug-likeness (QED) is 0.590. The monoisotopic (exact) mass is 522 g/mol. The molecule has 2 aliphatic carbocycles. The van der Waals surface area contributed by atoms with E-state index in [1.54, 1.807) is 7.11 Å². The second-order valence-corrected chi connectivity index (χ2v) is 11.8. The van der Waals surface area contributed by atoms with Gasteiger partial charge in [0.1, 0.15) is 5.82 Å². The van der Waals surface area contributed by atoms with Crippen LogP contribution in [-0.2, 0) is 20.4 Å². The van der Waals surface area contributed by atoms with Gasteiger partial charge in [0, 0.05) is 45.1 Å². The molecule has 6 rings (SSSR count). The molecule has 37 heavy (non-hydrogen) atoms. The van der Waals surface area contributed by atoms with Gasteiger partial charge in [0.05, 0.1) is 35.8 Å². The van der Waals surface area contributed by atoms with E-state index in [4.69, 9.17) is 9.47 Å². The number of likely N-dealkylation sites (tertiary alicyclic amines) is 1. The number of aromatic nitrogens is 1. The number of pyridine rings is 1. The molecule has 1 aromatic heterocycles. The number of carbonyl (C=O) groups excluding carboxylic acids is 1. The van der Waals surface area contributed by atoms with Crippen LogP contribution in [0, 0.1) is 11.3 Å². The highest BCUT2D eigenvalue weighted by atomic mass is 19.4. The summed E-state index contributed by atoms with van der Waals surface area (Å²) in [5.74, 6) is 1.04. The Balaban J connectivity index is 1.15. The summed E-state index contributed by atoms with van der Waals surface area (Å²) in [6.45, 7) is 2.47. The number of ether oxygens (including phenoxy) is 2. The van der Waals surface area contributed by atoms with Gasteiger partial charge in [-0.2, -0.15) is 13.2 Å². The average Bonchev–Trinajstić information content (AvgIpc) is 3.67. The lowest BCUT2D eigenvalue weighted by Gasteiger charge is -2.42. The van der Waals surface area contributed by atoms with Crippen molar-refractivity contribution in [1.82, 2.24) is 14.8 Å². The molecule has 4 heterocycles. The molecular formula is C27H37F3N4O3. The Bertz CT molecular complexity index is 1020. The number of hydrogen-bond acceptors (Lipinski definition) is 6. The summed E-state index contributed by atoms with van der Waals surface area (Å²) in [5, 5.41) is 0. The lowest BCUT2D eigenvalue weighted by molar-refractivity contribution is -0.145. The molecule has 10 heteroatoms. The van der Waals surface area contributed by atoms with Crippen molar-refractivity contribution in [3.8, 4) is 0 Å². The van der Waals surface area contributed by atoms with Crippen molar-refractivity contribution in [2.24, 2.45) is 11.3 Å². The molecule has 0 N–H and O–H groups in total. The fraction of sp³-hybridized carbons (Fsp3) is 0.778. The van der Waals surface area contributed by atoms with Gasteiger partial charge >= 0.3 is 6.18 Å². The summed E-state index contributed by atoms with van der Waals surface area (Å²) in [4.78, 5) is 24.9. The minimum Gasteiger partial charge on any atom is -0.379 e. The van der Waals surface area contributed by atoms with E-state index in [1.165, 1.54) is 6.20 Å². The van der Waals surface area contributed by atoms with Crippen LogP contribution >= 0.6 is 0 Å². The highest BCUT2D eigenvalue weighted by Gasteiger charge is 2.59. The Morgan fingerprint density at radius 3 is 2.81 bits per heavy atom. The Labute approximate surface area is 216 Å². The van der Waals surface area contributed by atoms with Gasteiger partial charge in [-0.1, -0.05) is 6.42 Å². The Hall–Kier alpha value is -1.91. The zero-order valence-corrected chi connectivity index (χ0v) is 21.6. The normalized spacial score (nSPS) is 37.6. The second kappa shape index (κ2) is 9.38. The number of likely N-dealkylation sites (N-methyl/N-ethyl adjacent to an activating group) is 1. The zero-order valence-electron chi connectivity index (χ0n) is 21.6. The standard InChI is InChI=1S/C27H37F3N4O3/c1-32(22-6-9-37-16-23(22)36-2)19-10-17-4-3-7-26(17,13-19)25(35)34-15-20-12-21(34)14-33(20)24-11-18(5-8-31-24)27(28,29)30/h5,8,11,17,19-23H,3-4,6-7,9-10,12-16H2,1-2H3/t17-,19-,20+,21+,22+,23-,26-/m1/s1.